The van der Waals surface area contributed by atoms with Crippen LogP contribution in [0.25, 0.3) is 27.8 Å². The molecule has 0 amide bonds. The maximum absolute atomic E-state index is 5.75. The number of para-hydroxylation sites is 2. The molecular formula is C20H18N4O. The van der Waals surface area contributed by atoms with Gasteiger partial charge in [-0.2, -0.15) is 5.10 Å². The van der Waals surface area contributed by atoms with Gasteiger partial charge in [-0.3, -0.25) is 4.98 Å². The SMILES string of the molecule is CCOc1ccccc1-n1ncc2c(-c3cnccc3C)ccnc21. The first-order chi connectivity index (χ1) is 12.3. The zero-order valence-electron chi connectivity index (χ0n) is 14.2. The highest BCUT2D eigenvalue weighted by Crippen LogP contribution is 2.31. The molecule has 0 saturated carbocycles. The Hall–Kier alpha value is -3.21. The molecule has 5 heteroatoms. The minimum absolute atomic E-state index is 0.601. The fourth-order valence-corrected chi connectivity index (χ4v) is 3.00. The van der Waals surface area contributed by atoms with Crippen molar-refractivity contribution in [3.8, 4) is 22.6 Å². The van der Waals surface area contributed by atoms with Gasteiger partial charge in [-0.15, -0.1) is 0 Å². The molecule has 0 N–H and O–H groups in total. The second-order valence-electron chi connectivity index (χ2n) is 5.74. The smallest absolute Gasteiger partial charge is 0.163 e. The van der Waals surface area contributed by atoms with Gasteiger partial charge in [0.1, 0.15) is 11.4 Å². The highest BCUT2D eigenvalue weighted by Gasteiger charge is 2.14. The predicted molar refractivity (Wildman–Crippen MR) is 98.0 cm³/mol. The molecule has 4 rings (SSSR count). The maximum atomic E-state index is 5.75. The zero-order valence-corrected chi connectivity index (χ0v) is 14.2. The van der Waals surface area contributed by atoms with Gasteiger partial charge in [0.2, 0.25) is 0 Å². The lowest BCUT2D eigenvalue weighted by Crippen LogP contribution is -2.02. The molecule has 124 valence electrons. The number of aromatic nitrogens is 4. The number of pyridine rings is 2. The van der Waals surface area contributed by atoms with Gasteiger partial charge < -0.3 is 4.74 Å². The van der Waals surface area contributed by atoms with Gasteiger partial charge >= 0.3 is 0 Å². The molecule has 3 heterocycles. The third-order valence-corrected chi connectivity index (χ3v) is 4.19. The van der Waals surface area contributed by atoms with Crippen LogP contribution in [0.5, 0.6) is 5.75 Å². The Kier molecular flexibility index (Phi) is 3.90. The Morgan fingerprint density at radius 2 is 1.88 bits per heavy atom. The van der Waals surface area contributed by atoms with Crippen molar-refractivity contribution in [2.75, 3.05) is 6.61 Å². The van der Waals surface area contributed by atoms with Gasteiger partial charge in [-0.1, -0.05) is 12.1 Å². The van der Waals surface area contributed by atoms with Crippen molar-refractivity contribution in [3.63, 3.8) is 0 Å². The molecule has 0 spiro atoms. The molecule has 0 aliphatic carbocycles. The van der Waals surface area contributed by atoms with Crippen molar-refractivity contribution in [1.29, 1.82) is 0 Å². The Morgan fingerprint density at radius 3 is 2.72 bits per heavy atom. The average Bonchev–Trinajstić information content (AvgIpc) is 3.07. The molecule has 0 radical (unpaired) electrons. The monoisotopic (exact) mass is 330 g/mol. The number of hydrogen-bond acceptors (Lipinski definition) is 4. The second kappa shape index (κ2) is 6.36. The summed E-state index contributed by atoms with van der Waals surface area (Å²) in [6.45, 7) is 4.65. The van der Waals surface area contributed by atoms with E-state index in [1.165, 1.54) is 5.56 Å². The summed E-state index contributed by atoms with van der Waals surface area (Å²) in [5.41, 5.74) is 5.02. The Morgan fingerprint density at radius 1 is 1.00 bits per heavy atom. The van der Waals surface area contributed by atoms with Gasteiger partial charge in [0, 0.05) is 29.5 Å². The van der Waals surface area contributed by atoms with Crippen LogP contribution >= 0.6 is 0 Å². The Bertz CT molecular complexity index is 1040. The standard InChI is InChI=1S/C20H18N4O/c1-3-25-19-7-5-4-6-18(19)24-20-17(13-23-24)15(9-11-22-20)16-12-21-10-8-14(16)2/h4-13H,3H2,1-2H3. The molecule has 3 aromatic heterocycles. The summed E-state index contributed by atoms with van der Waals surface area (Å²) in [5.74, 6) is 0.791. The van der Waals surface area contributed by atoms with Crippen LogP contribution in [0.1, 0.15) is 12.5 Å². The topological polar surface area (TPSA) is 52.8 Å². The van der Waals surface area contributed by atoms with E-state index in [4.69, 9.17) is 4.74 Å². The minimum Gasteiger partial charge on any atom is -0.492 e. The third kappa shape index (κ3) is 2.63. The van der Waals surface area contributed by atoms with E-state index in [2.05, 4.69) is 22.0 Å². The second-order valence-corrected chi connectivity index (χ2v) is 5.74. The van der Waals surface area contributed by atoms with Crippen LogP contribution in [0, 0.1) is 6.92 Å². The van der Waals surface area contributed by atoms with Gasteiger partial charge in [-0.25, -0.2) is 9.67 Å². The summed E-state index contributed by atoms with van der Waals surface area (Å²) in [4.78, 5) is 8.82. The first-order valence-electron chi connectivity index (χ1n) is 8.25. The summed E-state index contributed by atoms with van der Waals surface area (Å²) < 4.78 is 7.57. The van der Waals surface area contributed by atoms with Crippen LogP contribution in [0.4, 0.5) is 0 Å². The molecule has 25 heavy (non-hydrogen) atoms. The van der Waals surface area contributed by atoms with Crippen molar-refractivity contribution < 1.29 is 4.74 Å². The maximum Gasteiger partial charge on any atom is 0.163 e. The minimum atomic E-state index is 0.601. The van der Waals surface area contributed by atoms with Crippen molar-refractivity contribution >= 4 is 11.0 Å². The predicted octanol–water partition coefficient (Wildman–Crippen LogP) is 4.19. The van der Waals surface area contributed by atoms with E-state index in [-0.39, 0.29) is 0 Å². The number of fused-ring (bicyclic) bond motifs is 1. The normalized spacial score (nSPS) is 11.0. The Balaban J connectivity index is 1.93. The molecule has 5 nitrogen and oxygen atoms in total. The van der Waals surface area contributed by atoms with Gasteiger partial charge in [0.15, 0.2) is 5.65 Å². The van der Waals surface area contributed by atoms with Crippen LogP contribution in [-0.2, 0) is 0 Å². The average molecular weight is 330 g/mol. The molecule has 0 unspecified atom stereocenters. The van der Waals surface area contributed by atoms with E-state index in [0.717, 1.165) is 33.6 Å². The highest BCUT2D eigenvalue weighted by atomic mass is 16.5. The van der Waals surface area contributed by atoms with Crippen molar-refractivity contribution in [1.82, 2.24) is 19.7 Å². The number of benzene rings is 1. The van der Waals surface area contributed by atoms with E-state index in [0.29, 0.717) is 6.61 Å². The Labute approximate surface area is 145 Å². The lowest BCUT2D eigenvalue weighted by atomic mass is 10.0. The lowest BCUT2D eigenvalue weighted by molar-refractivity contribution is 0.338. The first-order valence-corrected chi connectivity index (χ1v) is 8.25. The van der Waals surface area contributed by atoms with Gasteiger partial charge in [0.25, 0.3) is 0 Å². The molecular weight excluding hydrogens is 312 g/mol. The van der Waals surface area contributed by atoms with E-state index >= 15 is 0 Å². The number of nitrogens with zero attached hydrogens (tertiary/aromatic N) is 4. The molecule has 0 saturated heterocycles. The van der Waals surface area contributed by atoms with E-state index in [1.807, 2.05) is 66.6 Å². The van der Waals surface area contributed by atoms with Crippen molar-refractivity contribution in [3.05, 3.63) is 66.7 Å². The highest BCUT2D eigenvalue weighted by molar-refractivity contribution is 5.93. The summed E-state index contributed by atoms with van der Waals surface area (Å²) in [5, 5.41) is 5.57. The number of hydrogen-bond donors (Lipinski definition) is 0. The molecule has 4 aromatic rings. The zero-order chi connectivity index (χ0) is 17.2. The van der Waals surface area contributed by atoms with E-state index < -0.39 is 0 Å². The molecule has 0 atom stereocenters. The van der Waals surface area contributed by atoms with Crippen LogP contribution in [0.15, 0.2) is 61.2 Å². The molecule has 0 aliphatic rings. The van der Waals surface area contributed by atoms with Crippen LogP contribution in [-0.4, -0.2) is 26.4 Å². The molecule has 0 bridgehead atoms. The van der Waals surface area contributed by atoms with Crippen molar-refractivity contribution in [2.24, 2.45) is 0 Å². The molecule has 0 aliphatic heterocycles. The number of aryl methyl sites for hydroxylation is 1. The number of rotatable bonds is 4. The largest absolute Gasteiger partial charge is 0.492 e. The summed E-state index contributed by atoms with van der Waals surface area (Å²) in [6.07, 6.45) is 7.35. The summed E-state index contributed by atoms with van der Waals surface area (Å²) in [6, 6.07) is 11.9. The first kappa shape index (κ1) is 15.3. The fourth-order valence-electron chi connectivity index (χ4n) is 3.00. The van der Waals surface area contributed by atoms with E-state index in [1.54, 1.807) is 6.20 Å². The fraction of sp³-hybridized carbons (Fsp3) is 0.150. The lowest BCUT2D eigenvalue weighted by Gasteiger charge is -2.11. The van der Waals surface area contributed by atoms with Gasteiger partial charge in [0.05, 0.1) is 12.8 Å². The quantitative estimate of drug-likeness (QED) is 0.563. The summed E-state index contributed by atoms with van der Waals surface area (Å²) >= 11 is 0. The number of ether oxygens (including phenoxy) is 1. The van der Waals surface area contributed by atoms with Gasteiger partial charge in [-0.05, 0) is 49.2 Å². The molecule has 1 aromatic carbocycles. The third-order valence-electron chi connectivity index (χ3n) is 4.19. The summed E-state index contributed by atoms with van der Waals surface area (Å²) in [7, 11) is 0. The van der Waals surface area contributed by atoms with Crippen LogP contribution < -0.4 is 4.74 Å². The van der Waals surface area contributed by atoms with Crippen molar-refractivity contribution in [2.45, 2.75) is 13.8 Å². The van der Waals surface area contributed by atoms with Crippen LogP contribution in [0.3, 0.4) is 0 Å². The molecule has 0 fully saturated rings. The van der Waals surface area contributed by atoms with E-state index in [9.17, 15) is 0 Å². The van der Waals surface area contributed by atoms with Crippen LogP contribution in [0.2, 0.25) is 0 Å².